The van der Waals surface area contributed by atoms with E-state index in [9.17, 15) is 9.59 Å². The molecule has 7 nitrogen and oxygen atoms in total. The molecule has 196 valence electrons. The van der Waals surface area contributed by atoms with E-state index in [1.165, 1.54) is 29.0 Å². The van der Waals surface area contributed by atoms with Gasteiger partial charge in [-0.05, 0) is 63.0 Å². The smallest absolute Gasteiger partial charge is 0.225 e. The topological polar surface area (TPSA) is 70.5 Å². The molecule has 0 radical (unpaired) electrons. The molecule has 2 saturated heterocycles. The Labute approximate surface area is 219 Å². The van der Waals surface area contributed by atoms with Crippen molar-refractivity contribution in [3.05, 3.63) is 39.1 Å². The Balaban J connectivity index is 1.26. The predicted molar refractivity (Wildman–Crippen MR) is 143 cm³/mol. The van der Waals surface area contributed by atoms with Crippen LogP contribution in [-0.4, -0.2) is 56.3 Å². The lowest BCUT2D eigenvalue weighted by molar-refractivity contribution is -0.135. The number of thiophene rings is 1. The Bertz CT molecular complexity index is 1110. The lowest BCUT2D eigenvalue weighted by atomic mass is 9.95. The van der Waals surface area contributed by atoms with Gasteiger partial charge in [-0.2, -0.15) is 0 Å². The monoisotopic (exact) mass is 511 g/mol. The molecule has 2 fully saturated rings. The summed E-state index contributed by atoms with van der Waals surface area (Å²) in [4.78, 5) is 35.4. The molecule has 0 aromatic carbocycles. The van der Waals surface area contributed by atoms with Crippen LogP contribution in [-0.2, 0) is 22.6 Å². The third-order valence-corrected chi connectivity index (χ3v) is 9.57. The third kappa shape index (κ3) is 4.99. The van der Waals surface area contributed by atoms with Gasteiger partial charge in [0, 0.05) is 61.0 Å². The van der Waals surface area contributed by atoms with Crippen LogP contribution in [0.15, 0.2) is 11.4 Å². The molecular formula is C28H41N5O2S. The zero-order valence-electron chi connectivity index (χ0n) is 22.4. The molecule has 2 aromatic rings. The number of amides is 2. The number of imidazole rings is 1. The number of nitrogens with one attached hydrogen (secondary N) is 1. The van der Waals surface area contributed by atoms with Gasteiger partial charge in [-0.1, -0.05) is 13.8 Å². The van der Waals surface area contributed by atoms with Crippen LogP contribution in [0, 0.1) is 19.8 Å². The summed E-state index contributed by atoms with van der Waals surface area (Å²) in [5, 5.41) is 5.37. The van der Waals surface area contributed by atoms with Crippen molar-refractivity contribution in [3.63, 3.8) is 0 Å². The van der Waals surface area contributed by atoms with Crippen molar-refractivity contribution in [2.45, 2.75) is 104 Å². The molecule has 3 aliphatic rings. The number of aromatic nitrogens is 2. The largest absolute Gasteiger partial charge is 0.349 e. The van der Waals surface area contributed by atoms with E-state index in [0.29, 0.717) is 24.7 Å². The zero-order valence-corrected chi connectivity index (χ0v) is 23.2. The first-order valence-electron chi connectivity index (χ1n) is 13.6. The normalized spacial score (nSPS) is 24.7. The minimum atomic E-state index is 0.0313. The Morgan fingerprint density at radius 2 is 1.89 bits per heavy atom. The fourth-order valence-corrected chi connectivity index (χ4v) is 7.83. The quantitative estimate of drug-likeness (QED) is 0.593. The summed E-state index contributed by atoms with van der Waals surface area (Å²) in [6, 6.07) is 3.99. The minimum absolute atomic E-state index is 0.0313. The number of hydrogen-bond donors (Lipinski definition) is 1. The van der Waals surface area contributed by atoms with Crippen molar-refractivity contribution in [1.29, 1.82) is 0 Å². The Hall–Kier alpha value is -2.19. The maximum Gasteiger partial charge on any atom is 0.225 e. The zero-order chi connectivity index (χ0) is 25.6. The Kier molecular flexibility index (Phi) is 7.27. The molecule has 8 heteroatoms. The molecule has 3 aliphatic heterocycles. The van der Waals surface area contributed by atoms with Crippen LogP contribution in [0.4, 0.5) is 0 Å². The predicted octanol–water partition coefficient (Wildman–Crippen LogP) is 4.54. The minimum Gasteiger partial charge on any atom is -0.349 e. The second kappa shape index (κ2) is 10.3. The van der Waals surface area contributed by atoms with Crippen molar-refractivity contribution in [3.8, 4) is 0 Å². The van der Waals surface area contributed by atoms with E-state index in [4.69, 9.17) is 4.98 Å². The first-order chi connectivity index (χ1) is 17.2. The molecule has 2 amide bonds. The standard InChI is InChI=1S/C28H41N5O2S/c1-17(2)28(35)31-10-9-26-25(15-31)29-19(4)33(26)23-13-21-6-7-22(14-23)32(21)11-8-24(30-20(5)34)27-12-18(3)16-36-27/h12,16-17,21-24H,6-11,13-15H2,1-5H3,(H,30,34)/t21-,22+,23+,24-/m0/s1. The van der Waals surface area contributed by atoms with Gasteiger partial charge in [0.05, 0.1) is 18.3 Å². The molecule has 2 aromatic heterocycles. The van der Waals surface area contributed by atoms with E-state index < -0.39 is 0 Å². The highest BCUT2D eigenvalue weighted by atomic mass is 32.1. The van der Waals surface area contributed by atoms with Gasteiger partial charge in [0.2, 0.25) is 11.8 Å². The molecule has 2 bridgehead atoms. The van der Waals surface area contributed by atoms with Crippen LogP contribution >= 0.6 is 11.3 Å². The second-order valence-corrected chi connectivity index (χ2v) is 12.3. The van der Waals surface area contributed by atoms with Crippen molar-refractivity contribution < 1.29 is 9.59 Å². The maximum atomic E-state index is 12.6. The highest BCUT2D eigenvalue weighted by Gasteiger charge is 2.42. The summed E-state index contributed by atoms with van der Waals surface area (Å²) in [5.41, 5.74) is 3.73. The molecular weight excluding hydrogens is 470 g/mol. The summed E-state index contributed by atoms with van der Waals surface area (Å²) in [6.07, 6.45) is 6.71. The fourth-order valence-electron chi connectivity index (χ4n) is 6.84. The average Bonchev–Trinajstić information content (AvgIpc) is 3.47. The van der Waals surface area contributed by atoms with E-state index in [-0.39, 0.29) is 23.8 Å². The molecule has 36 heavy (non-hydrogen) atoms. The maximum absolute atomic E-state index is 12.6. The first kappa shape index (κ1) is 25.5. The summed E-state index contributed by atoms with van der Waals surface area (Å²) >= 11 is 1.75. The van der Waals surface area contributed by atoms with Gasteiger partial charge in [0.15, 0.2) is 0 Å². The van der Waals surface area contributed by atoms with Crippen LogP contribution in [0.25, 0.3) is 0 Å². The van der Waals surface area contributed by atoms with Crippen molar-refractivity contribution in [2.24, 2.45) is 5.92 Å². The van der Waals surface area contributed by atoms with E-state index in [0.717, 1.165) is 50.3 Å². The van der Waals surface area contributed by atoms with Crippen LogP contribution in [0.1, 0.15) is 92.6 Å². The molecule has 0 spiro atoms. The van der Waals surface area contributed by atoms with Crippen molar-refractivity contribution in [2.75, 3.05) is 13.1 Å². The van der Waals surface area contributed by atoms with Gasteiger partial charge in [0.1, 0.15) is 5.82 Å². The molecule has 0 saturated carbocycles. The lowest BCUT2D eigenvalue weighted by Gasteiger charge is -2.41. The van der Waals surface area contributed by atoms with Gasteiger partial charge in [0.25, 0.3) is 0 Å². The number of carbonyl (C=O) groups excluding carboxylic acids is 2. The number of piperidine rings is 1. The van der Waals surface area contributed by atoms with Gasteiger partial charge in [-0.15, -0.1) is 11.3 Å². The van der Waals surface area contributed by atoms with E-state index in [1.807, 2.05) is 18.7 Å². The third-order valence-electron chi connectivity index (χ3n) is 8.41. The molecule has 0 aliphatic carbocycles. The number of fused-ring (bicyclic) bond motifs is 3. The number of nitrogens with zero attached hydrogens (tertiary/aromatic N) is 4. The SMILES string of the molecule is CC(=O)N[C@@H](CCN1[C@@H]2CC[C@H]1C[C@@H](n1c(C)nc3c1CCN(C(=O)C(C)C)C3)C2)c1cc(C)cs1. The van der Waals surface area contributed by atoms with Gasteiger partial charge in [-0.3, -0.25) is 14.5 Å². The molecule has 5 rings (SSSR count). The Morgan fingerprint density at radius 3 is 2.50 bits per heavy atom. The highest BCUT2D eigenvalue weighted by molar-refractivity contribution is 7.10. The number of rotatable bonds is 7. The number of carbonyl (C=O) groups is 2. The summed E-state index contributed by atoms with van der Waals surface area (Å²) in [6.45, 7) is 12.3. The van der Waals surface area contributed by atoms with Gasteiger partial charge >= 0.3 is 0 Å². The summed E-state index contributed by atoms with van der Waals surface area (Å²) < 4.78 is 2.53. The van der Waals surface area contributed by atoms with E-state index >= 15 is 0 Å². The van der Waals surface area contributed by atoms with E-state index in [1.54, 1.807) is 18.3 Å². The average molecular weight is 512 g/mol. The molecule has 1 N–H and O–H groups in total. The van der Waals surface area contributed by atoms with Crippen LogP contribution < -0.4 is 5.32 Å². The number of aryl methyl sites for hydroxylation is 2. The van der Waals surface area contributed by atoms with Crippen LogP contribution in [0.2, 0.25) is 0 Å². The van der Waals surface area contributed by atoms with Crippen LogP contribution in [0.3, 0.4) is 0 Å². The van der Waals surface area contributed by atoms with Gasteiger partial charge in [-0.25, -0.2) is 4.98 Å². The first-order valence-corrected chi connectivity index (χ1v) is 14.5. The summed E-state index contributed by atoms with van der Waals surface area (Å²) in [5.74, 6) is 1.41. The molecule has 4 atom stereocenters. The van der Waals surface area contributed by atoms with E-state index in [2.05, 4.69) is 40.1 Å². The van der Waals surface area contributed by atoms with Crippen LogP contribution in [0.5, 0.6) is 0 Å². The second-order valence-electron chi connectivity index (χ2n) is 11.4. The lowest BCUT2D eigenvalue weighted by Crippen LogP contribution is -2.45. The molecule has 5 heterocycles. The van der Waals surface area contributed by atoms with Crippen molar-refractivity contribution >= 4 is 23.2 Å². The van der Waals surface area contributed by atoms with Crippen molar-refractivity contribution in [1.82, 2.24) is 24.7 Å². The Morgan fingerprint density at radius 1 is 1.17 bits per heavy atom. The summed E-state index contributed by atoms with van der Waals surface area (Å²) in [7, 11) is 0. The fraction of sp³-hybridized carbons (Fsp3) is 0.679. The number of hydrogen-bond acceptors (Lipinski definition) is 5. The molecule has 0 unspecified atom stereocenters. The highest BCUT2D eigenvalue weighted by Crippen LogP contribution is 2.43. The van der Waals surface area contributed by atoms with Gasteiger partial charge < -0.3 is 14.8 Å².